The number of carbonyl (C=O) groups excluding carboxylic acids is 1. The molecule has 5 heterocycles. The van der Waals surface area contributed by atoms with Crippen LogP contribution in [0.25, 0.3) is 0 Å². The summed E-state index contributed by atoms with van der Waals surface area (Å²) >= 11 is 3.32. The Hall–Kier alpha value is -1.21. The summed E-state index contributed by atoms with van der Waals surface area (Å²) in [5.41, 5.74) is -1.47. The van der Waals surface area contributed by atoms with Crippen LogP contribution in [0.1, 0.15) is 54.7 Å². The number of aryl methyl sites for hydroxylation is 1. The van der Waals surface area contributed by atoms with Gasteiger partial charge in [0.2, 0.25) is 0 Å². The van der Waals surface area contributed by atoms with Gasteiger partial charge in [0.05, 0.1) is 19.6 Å². The van der Waals surface area contributed by atoms with Gasteiger partial charge in [0.25, 0.3) is 0 Å². The molecule has 2 bridgehead atoms. The molecule has 0 radical (unpaired) electrons. The van der Waals surface area contributed by atoms with E-state index < -0.39 is 11.6 Å². The Morgan fingerprint density at radius 1 is 1.10 bits per heavy atom. The predicted octanol–water partition coefficient (Wildman–Crippen LogP) is 4.97. The number of piperidine rings is 3. The lowest BCUT2D eigenvalue weighted by atomic mass is 9.82. The monoisotopic (exact) mass is 460 g/mol. The summed E-state index contributed by atoms with van der Waals surface area (Å²) < 4.78 is 7.29. The fourth-order valence-corrected chi connectivity index (χ4v) is 7.89. The molecule has 6 rings (SSSR count). The first kappa shape index (κ1) is 21.6. The van der Waals surface area contributed by atoms with Crippen molar-refractivity contribution in [1.82, 2.24) is 0 Å². The highest BCUT2D eigenvalue weighted by molar-refractivity contribution is 7.10. The molecule has 1 aliphatic carbocycles. The SMILES string of the molecule is O=C(O[C@H]1C[N+]2(CCCc3cccs3)CCC1CC2)[C@@](O)(c1cccs1)C1CCCC1. The summed E-state index contributed by atoms with van der Waals surface area (Å²) in [4.78, 5) is 15.7. The number of nitrogens with zero attached hydrogens (tertiary/aromatic N) is 1. The minimum absolute atomic E-state index is 0.0197. The minimum Gasteiger partial charge on any atom is -0.454 e. The third-order valence-corrected chi connectivity index (χ3v) is 10.0. The number of esters is 1. The van der Waals surface area contributed by atoms with Gasteiger partial charge in [-0.05, 0) is 42.2 Å². The Bertz CT molecular complexity index is 851. The van der Waals surface area contributed by atoms with Crippen LogP contribution in [0.2, 0.25) is 0 Å². The van der Waals surface area contributed by atoms with Gasteiger partial charge in [0, 0.05) is 40.9 Å². The van der Waals surface area contributed by atoms with E-state index in [9.17, 15) is 9.90 Å². The average Bonchev–Trinajstić information content (AvgIpc) is 3.58. The molecule has 0 spiro atoms. The second kappa shape index (κ2) is 8.97. The molecule has 3 saturated heterocycles. The fraction of sp³-hybridized carbons (Fsp3) is 0.640. The van der Waals surface area contributed by atoms with Crippen LogP contribution in [0.5, 0.6) is 0 Å². The van der Waals surface area contributed by atoms with Gasteiger partial charge in [-0.1, -0.05) is 25.0 Å². The van der Waals surface area contributed by atoms with Gasteiger partial charge >= 0.3 is 5.97 Å². The molecule has 2 aromatic rings. The molecule has 168 valence electrons. The highest BCUT2D eigenvalue weighted by atomic mass is 32.1. The van der Waals surface area contributed by atoms with Crippen molar-refractivity contribution in [2.75, 3.05) is 26.2 Å². The number of hydrogen-bond acceptors (Lipinski definition) is 5. The van der Waals surface area contributed by atoms with Crippen LogP contribution >= 0.6 is 22.7 Å². The molecule has 1 N–H and O–H groups in total. The van der Waals surface area contributed by atoms with E-state index in [0.717, 1.165) is 67.4 Å². The lowest BCUT2D eigenvalue weighted by Crippen LogP contribution is -2.65. The molecule has 2 atom stereocenters. The quantitative estimate of drug-likeness (QED) is 0.447. The van der Waals surface area contributed by atoms with Crippen molar-refractivity contribution >= 4 is 28.6 Å². The van der Waals surface area contributed by atoms with Crippen molar-refractivity contribution in [3.63, 3.8) is 0 Å². The van der Waals surface area contributed by atoms with E-state index in [1.165, 1.54) is 35.7 Å². The summed E-state index contributed by atoms with van der Waals surface area (Å²) in [6.45, 7) is 4.50. The first-order valence-electron chi connectivity index (χ1n) is 11.9. The third-order valence-electron chi connectivity index (χ3n) is 8.09. The Labute approximate surface area is 193 Å². The van der Waals surface area contributed by atoms with Crippen LogP contribution in [0.15, 0.2) is 35.0 Å². The van der Waals surface area contributed by atoms with Crippen molar-refractivity contribution in [2.45, 2.75) is 63.1 Å². The molecule has 1 saturated carbocycles. The van der Waals surface area contributed by atoms with Gasteiger partial charge in [-0.3, -0.25) is 0 Å². The number of carbonyl (C=O) groups is 1. The molecule has 4 fully saturated rings. The molecule has 3 aliphatic heterocycles. The van der Waals surface area contributed by atoms with Gasteiger partial charge in [0.15, 0.2) is 11.7 Å². The first-order chi connectivity index (χ1) is 15.1. The highest BCUT2D eigenvalue weighted by Crippen LogP contribution is 2.44. The molecule has 31 heavy (non-hydrogen) atoms. The second-order valence-corrected chi connectivity index (χ2v) is 11.9. The fourth-order valence-electron chi connectivity index (χ4n) is 6.25. The lowest BCUT2D eigenvalue weighted by molar-refractivity contribution is -0.946. The number of thiophene rings is 2. The van der Waals surface area contributed by atoms with E-state index in [2.05, 4.69) is 17.5 Å². The normalized spacial score (nSPS) is 30.4. The standard InChI is InChI=1S/C25H34NO3S2/c27-24(25(28,20-6-1-2-7-20)23-10-5-17-31-23)29-22-18-26(14-11-19(22)12-15-26)13-3-8-21-9-4-16-30-21/h4-5,9-10,16-17,19-20,22,28H,1-3,6-8,11-15,18H2/q+1/t19?,22-,25-,26?/m0/s1. The van der Waals surface area contributed by atoms with Gasteiger partial charge in [0.1, 0.15) is 6.54 Å². The molecule has 4 nitrogen and oxygen atoms in total. The summed E-state index contributed by atoms with van der Waals surface area (Å²) in [7, 11) is 0. The minimum atomic E-state index is -1.47. The van der Waals surface area contributed by atoms with E-state index in [1.807, 2.05) is 28.8 Å². The zero-order chi connectivity index (χ0) is 21.3. The summed E-state index contributed by atoms with van der Waals surface area (Å²) in [6, 6.07) is 8.19. The molecule has 0 amide bonds. The summed E-state index contributed by atoms with van der Waals surface area (Å²) in [5, 5.41) is 15.8. The Kier molecular flexibility index (Phi) is 6.26. The lowest BCUT2D eigenvalue weighted by Gasteiger charge is -2.52. The zero-order valence-corrected chi connectivity index (χ0v) is 19.8. The maximum absolute atomic E-state index is 13.5. The third kappa shape index (κ3) is 4.24. The number of aliphatic hydroxyl groups is 1. The van der Waals surface area contributed by atoms with Crippen molar-refractivity contribution < 1.29 is 19.1 Å². The van der Waals surface area contributed by atoms with Gasteiger partial charge in [-0.15, -0.1) is 22.7 Å². The second-order valence-electron chi connectivity index (χ2n) is 9.88. The Morgan fingerprint density at radius 3 is 2.52 bits per heavy atom. The van der Waals surface area contributed by atoms with Crippen LogP contribution in [-0.4, -0.2) is 47.8 Å². The maximum Gasteiger partial charge on any atom is 0.344 e. The van der Waals surface area contributed by atoms with Crippen molar-refractivity contribution in [3.05, 3.63) is 44.8 Å². The number of ether oxygens (including phenoxy) is 1. The number of quaternary nitrogens is 1. The molecule has 0 unspecified atom stereocenters. The largest absolute Gasteiger partial charge is 0.454 e. The van der Waals surface area contributed by atoms with Gasteiger partial charge in [-0.25, -0.2) is 4.79 Å². The predicted molar refractivity (Wildman–Crippen MR) is 125 cm³/mol. The van der Waals surface area contributed by atoms with E-state index >= 15 is 0 Å². The molecule has 2 aromatic heterocycles. The molecular weight excluding hydrogens is 426 g/mol. The molecule has 6 heteroatoms. The van der Waals surface area contributed by atoms with Crippen LogP contribution < -0.4 is 0 Å². The van der Waals surface area contributed by atoms with Gasteiger partial charge in [-0.2, -0.15) is 0 Å². The number of fused-ring (bicyclic) bond motifs is 3. The maximum atomic E-state index is 13.5. The van der Waals surface area contributed by atoms with Crippen molar-refractivity contribution in [3.8, 4) is 0 Å². The van der Waals surface area contributed by atoms with Gasteiger partial charge < -0.3 is 14.3 Å². The van der Waals surface area contributed by atoms with Crippen molar-refractivity contribution in [2.24, 2.45) is 11.8 Å². The molecule has 4 aliphatic rings. The zero-order valence-electron chi connectivity index (χ0n) is 18.2. The Morgan fingerprint density at radius 2 is 1.84 bits per heavy atom. The van der Waals surface area contributed by atoms with Crippen molar-refractivity contribution in [1.29, 1.82) is 0 Å². The number of rotatable bonds is 8. The summed E-state index contributed by atoms with van der Waals surface area (Å²) in [5.74, 6) is 0.0448. The van der Waals surface area contributed by atoms with E-state index in [1.54, 1.807) is 0 Å². The molecule has 0 aromatic carbocycles. The number of hydrogen-bond donors (Lipinski definition) is 1. The first-order valence-corrected chi connectivity index (χ1v) is 13.7. The van der Waals surface area contributed by atoms with E-state index in [-0.39, 0.29) is 12.0 Å². The highest BCUT2D eigenvalue weighted by Gasteiger charge is 2.53. The topological polar surface area (TPSA) is 46.5 Å². The van der Waals surface area contributed by atoms with E-state index in [0.29, 0.717) is 5.92 Å². The van der Waals surface area contributed by atoms with E-state index in [4.69, 9.17) is 4.74 Å². The smallest absolute Gasteiger partial charge is 0.344 e. The van der Waals surface area contributed by atoms with Crippen LogP contribution in [0.3, 0.4) is 0 Å². The Balaban J connectivity index is 1.27. The molecular formula is C25H34NO3S2+. The van der Waals surface area contributed by atoms with Crippen LogP contribution in [0, 0.1) is 11.8 Å². The average molecular weight is 461 g/mol. The van der Waals surface area contributed by atoms with Crippen LogP contribution in [-0.2, 0) is 21.6 Å². The summed E-state index contributed by atoms with van der Waals surface area (Å²) in [6.07, 6.45) is 8.53. The van der Waals surface area contributed by atoms with Crippen LogP contribution in [0.4, 0.5) is 0 Å².